The molecule has 116 valence electrons. The molecule has 2 fully saturated rings. The Morgan fingerprint density at radius 2 is 1.95 bits per heavy atom. The Hall–Kier alpha value is -2.16. The van der Waals surface area contributed by atoms with E-state index in [-0.39, 0.29) is 29.1 Å². The summed E-state index contributed by atoms with van der Waals surface area (Å²) in [5.41, 5.74) is -0.179. The molecule has 1 N–H and O–H groups in total. The number of benzene rings is 1. The molecule has 3 rings (SSSR count). The van der Waals surface area contributed by atoms with Gasteiger partial charge in [-0.2, -0.15) is 5.26 Å². The van der Waals surface area contributed by atoms with Crippen molar-refractivity contribution >= 4 is 11.6 Å². The van der Waals surface area contributed by atoms with E-state index in [1.807, 2.05) is 0 Å². The highest BCUT2D eigenvalue weighted by Gasteiger charge is 2.32. The van der Waals surface area contributed by atoms with E-state index in [4.69, 9.17) is 5.26 Å². The zero-order valence-corrected chi connectivity index (χ0v) is 12.1. The van der Waals surface area contributed by atoms with Crippen LogP contribution < -0.4 is 10.2 Å². The average molecular weight is 305 g/mol. The van der Waals surface area contributed by atoms with Gasteiger partial charge in [0.25, 0.3) is 0 Å². The van der Waals surface area contributed by atoms with Gasteiger partial charge in [-0.3, -0.25) is 4.79 Å². The largest absolute Gasteiger partial charge is 0.366 e. The van der Waals surface area contributed by atoms with Crippen LogP contribution in [0.2, 0.25) is 0 Å². The molecule has 1 saturated heterocycles. The molecule has 1 aromatic carbocycles. The molecule has 1 aromatic rings. The summed E-state index contributed by atoms with van der Waals surface area (Å²) in [5.74, 6) is -1.77. The first-order valence-corrected chi connectivity index (χ1v) is 7.53. The third-order valence-corrected chi connectivity index (χ3v) is 4.18. The second-order valence-corrected chi connectivity index (χ2v) is 5.97. The van der Waals surface area contributed by atoms with E-state index >= 15 is 0 Å². The maximum Gasteiger partial charge on any atom is 0.225 e. The van der Waals surface area contributed by atoms with Crippen LogP contribution in [0, 0.1) is 28.9 Å². The Bertz CT molecular complexity index is 614. The fourth-order valence-electron chi connectivity index (χ4n) is 2.87. The van der Waals surface area contributed by atoms with Gasteiger partial charge in [0, 0.05) is 19.1 Å². The van der Waals surface area contributed by atoms with Crippen LogP contribution in [0.3, 0.4) is 0 Å². The van der Waals surface area contributed by atoms with E-state index < -0.39 is 11.6 Å². The lowest BCUT2D eigenvalue weighted by molar-refractivity contribution is -0.125. The van der Waals surface area contributed by atoms with E-state index in [2.05, 4.69) is 5.32 Å². The molecule has 0 radical (unpaired) electrons. The van der Waals surface area contributed by atoms with Crippen LogP contribution >= 0.6 is 0 Å². The minimum Gasteiger partial charge on any atom is -0.366 e. The molecule has 1 heterocycles. The minimum absolute atomic E-state index is 0.0262. The summed E-state index contributed by atoms with van der Waals surface area (Å²) in [4.78, 5) is 13.7. The Morgan fingerprint density at radius 3 is 2.55 bits per heavy atom. The van der Waals surface area contributed by atoms with Crippen LogP contribution in [0.25, 0.3) is 0 Å². The summed E-state index contributed by atoms with van der Waals surface area (Å²) in [7, 11) is 0. The lowest BCUT2D eigenvalue weighted by atomic mass is 9.96. The van der Waals surface area contributed by atoms with Crippen LogP contribution in [0.4, 0.5) is 14.5 Å². The zero-order valence-electron chi connectivity index (χ0n) is 12.1. The van der Waals surface area contributed by atoms with Gasteiger partial charge in [0.2, 0.25) is 5.91 Å². The lowest BCUT2D eigenvalue weighted by Crippen LogP contribution is -2.44. The third-order valence-electron chi connectivity index (χ3n) is 4.18. The van der Waals surface area contributed by atoms with Gasteiger partial charge in [0.1, 0.15) is 5.69 Å². The maximum absolute atomic E-state index is 14.1. The molecule has 2 aliphatic rings. The number of carbonyl (C=O) groups is 1. The van der Waals surface area contributed by atoms with Crippen molar-refractivity contribution in [1.29, 1.82) is 5.26 Å². The van der Waals surface area contributed by atoms with Gasteiger partial charge >= 0.3 is 0 Å². The van der Waals surface area contributed by atoms with Gasteiger partial charge in [0.05, 0.1) is 17.6 Å². The summed E-state index contributed by atoms with van der Waals surface area (Å²) >= 11 is 0. The van der Waals surface area contributed by atoms with Crippen LogP contribution in [0.1, 0.15) is 31.2 Å². The smallest absolute Gasteiger partial charge is 0.225 e. The summed E-state index contributed by atoms with van der Waals surface area (Å²) in [6, 6.07) is 4.08. The Kier molecular flexibility index (Phi) is 3.97. The molecular formula is C16H17F2N3O. The summed E-state index contributed by atoms with van der Waals surface area (Å²) < 4.78 is 28.2. The first kappa shape index (κ1) is 14.8. The number of piperidine rings is 1. The quantitative estimate of drug-likeness (QED) is 0.932. The summed E-state index contributed by atoms with van der Waals surface area (Å²) in [5, 5.41) is 11.7. The van der Waals surface area contributed by atoms with E-state index in [9.17, 15) is 13.6 Å². The normalized spacial score (nSPS) is 21.3. The molecule has 0 unspecified atom stereocenters. The molecule has 1 amide bonds. The number of rotatable bonds is 3. The molecular weight excluding hydrogens is 288 g/mol. The molecule has 0 bridgehead atoms. The number of nitrogens with zero attached hydrogens (tertiary/aromatic N) is 2. The van der Waals surface area contributed by atoms with Gasteiger partial charge in [-0.25, -0.2) is 8.78 Å². The molecule has 22 heavy (non-hydrogen) atoms. The first-order valence-electron chi connectivity index (χ1n) is 7.53. The van der Waals surface area contributed by atoms with E-state index in [1.54, 1.807) is 11.0 Å². The summed E-state index contributed by atoms with van der Waals surface area (Å²) in [6.07, 6.45) is 3.47. The lowest BCUT2D eigenvalue weighted by Gasteiger charge is -2.34. The van der Waals surface area contributed by atoms with Crippen molar-refractivity contribution in [3.63, 3.8) is 0 Å². The Labute approximate surface area is 127 Å². The second kappa shape index (κ2) is 5.91. The molecule has 6 heteroatoms. The highest BCUT2D eigenvalue weighted by Crippen LogP contribution is 2.30. The van der Waals surface area contributed by atoms with Crippen LogP contribution in [0.5, 0.6) is 0 Å². The standard InChI is InChI=1S/C16H17F2N3O/c17-13-6-10(8-19)7-14(18)15(13)21-5-1-2-11(9-21)16(22)20-12-3-4-12/h6-7,11-12H,1-5,9H2,(H,20,22)/t11-/m1/s1. The predicted molar refractivity (Wildman–Crippen MR) is 77.2 cm³/mol. The molecule has 1 aliphatic carbocycles. The van der Waals surface area contributed by atoms with Crippen molar-refractivity contribution in [3.05, 3.63) is 29.3 Å². The number of hydrogen-bond donors (Lipinski definition) is 1. The Balaban J connectivity index is 1.77. The highest BCUT2D eigenvalue weighted by atomic mass is 19.1. The van der Waals surface area contributed by atoms with Crippen molar-refractivity contribution < 1.29 is 13.6 Å². The van der Waals surface area contributed by atoms with Crippen LogP contribution in [-0.2, 0) is 4.79 Å². The molecule has 4 nitrogen and oxygen atoms in total. The SMILES string of the molecule is N#Cc1cc(F)c(N2CCC[C@@H](C(=O)NC3CC3)C2)c(F)c1. The fourth-order valence-corrected chi connectivity index (χ4v) is 2.87. The van der Waals surface area contributed by atoms with E-state index in [0.717, 1.165) is 31.4 Å². The van der Waals surface area contributed by atoms with Crippen molar-refractivity contribution in [2.24, 2.45) is 5.92 Å². The van der Waals surface area contributed by atoms with Gasteiger partial charge in [-0.05, 0) is 37.8 Å². The van der Waals surface area contributed by atoms with Gasteiger partial charge in [-0.1, -0.05) is 0 Å². The second-order valence-electron chi connectivity index (χ2n) is 5.97. The van der Waals surface area contributed by atoms with Crippen molar-refractivity contribution in [3.8, 4) is 6.07 Å². The highest BCUT2D eigenvalue weighted by molar-refractivity contribution is 5.80. The third kappa shape index (κ3) is 3.03. The molecule has 1 atom stereocenters. The number of halogens is 2. The number of hydrogen-bond acceptors (Lipinski definition) is 3. The van der Waals surface area contributed by atoms with E-state index in [1.165, 1.54) is 0 Å². The number of carbonyl (C=O) groups excluding carboxylic acids is 1. The number of amides is 1. The molecule has 1 saturated carbocycles. The molecule has 1 aliphatic heterocycles. The number of nitrogens with one attached hydrogen (secondary N) is 1. The molecule has 0 spiro atoms. The van der Waals surface area contributed by atoms with Crippen molar-refractivity contribution in [2.45, 2.75) is 31.7 Å². The minimum atomic E-state index is -0.750. The predicted octanol–water partition coefficient (Wildman–Crippen LogP) is 2.33. The topological polar surface area (TPSA) is 56.1 Å². The monoisotopic (exact) mass is 305 g/mol. The van der Waals surface area contributed by atoms with Gasteiger partial charge in [0.15, 0.2) is 11.6 Å². The van der Waals surface area contributed by atoms with Crippen molar-refractivity contribution in [2.75, 3.05) is 18.0 Å². The van der Waals surface area contributed by atoms with Crippen LogP contribution in [-0.4, -0.2) is 25.0 Å². The zero-order chi connectivity index (χ0) is 15.7. The van der Waals surface area contributed by atoms with Crippen molar-refractivity contribution in [1.82, 2.24) is 5.32 Å². The number of anilines is 1. The number of nitriles is 1. The fraction of sp³-hybridized carbons (Fsp3) is 0.500. The van der Waals surface area contributed by atoms with E-state index in [0.29, 0.717) is 19.5 Å². The average Bonchev–Trinajstić information content (AvgIpc) is 3.30. The maximum atomic E-state index is 14.1. The first-order chi connectivity index (χ1) is 10.6. The van der Waals surface area contributed by atoms with Gasteiger partial charge < -0.3 is 10.2 Å². The Morgan fingerprint density at radius 1 is 1.27 bits per heavy atom. The van der Waals surface area contributed by atoms with Gasteiger partial charge in [-0.15, -0.1) is 0 Å². The summed E-state index contributed by atoms with van der Waals surface area (Å²) in [6.45, 7) is 0.811. The molecule has 0 aromatic heterocycles. The van der Waals surface area contributed by atoms with Crippen LogP contribution in [0.15, 0.2) is 12.1 Å².